The van der Waals surface area contributed by atoms with Crippen molar-refractivity contribution in [1.29, 1.82) is 0 Å². The number of benzene rings is 1. The number of carbonyl (C=O) groups is 1. The van der Waals surface area contributed by atoms with Crippen molar-refractivity contribution in [1.82, 2.24) is 5.16 Å². The van der Waals surface area contributed by atoms with Gasteiger partial charge in [0.2, 0.25) is 5.88 Å². The van der Waals surface area contributed by atoms with Crippen LogP contribution in [-0.2, 0) is 11.2 Å². The summed E-state index contributed by atoms with van der Waals surface area (Å²) in [5.41, 5.74) is 0.378. The van der Waals surface area contributed by atoms with Crippen LogP contribution in [0.1, 0.15) is 45.6 Å². The number of nitrogens with one attached hydrogen (secondary N) is 1. The molecule has 8 heteroatoms. The van der Waals surface area contributed by atoms with Gasteiger partial charge in [-0.25, -0.2) is 4.79 Å². The lowest BCUT2D eigenvalue weighted by atomic mass is 9.83. The van der Waals surface area contributed by atoms with Crippen LogP contribution in [0.3, 0.4) is 0 Å². The number of carbonyl (C=O) groups excluding carboxylic acids is 1. The fourth-order valence-electron chi connectivity index (χ4n) is 3.89. The lowest BCUT2D eigenvalue weighted by molar-refractivity contribution is 0.0224. The number of halogens is 1. The zero-order valence-corrected chi connectivity index (χ0v) is 17.7. The van der Waals surface area contributed by atoms with E-state index >= 15 is 0 Å². The Hall–Kier alpha value is -2.41. The highest BCUT2D eigenvalue weighted by atomic mass is 35.5. The lowest BCUT2D eigenvalue weighted by Crippen LogP contribution is -2.50. The summed E-state index contributed by atoms with van der Waals surface area (Å²) in [6, 6.07) is 7.57. The van der Waals surface area contributed by atoms with Gasteiger partial charge in [0.15, 0.2) is 5.82 Å². The van der Waals surface area contributed by atoms with E-state index in [2.05, 4.69) is 15.4 Å². The minimum atomic E-state index is -0.572. The highest BCUT2D eigenvalue weighted by molar-refractivity contribution is 6.31. The van der Waals surface area contributed by atoms with E-state index in [1.165, 1.54) is 0 Å². The third kappa shape index (κ3) is 4.45. The smallest absolute Gasteiger partial charge is 0.414 e. The molecule has 1 fully saturated rings. The number of ether oxygens (including phenoxy) is 2. The molecule has 0 radical (unpaired) electrons. The van der Waals surface area contributed by atoms with E-state index in [1.54, 1.807) is 6.07 Å². The molecule has 2 aromatic rings. The van der Waals surface area contributed by atoms with E-state index in [0.717, 1.165) is 55.1 Å². The molecule has 1 aromatic heterocycles. The summed E-state index contributed by atoms with van der Waals surface area (Å²) in [6.45, 7) is 7.02. The van der Waals surface area contributed by atoms with Gasteiger partial charge < -0.3 is 18.9 Å². The maximum atomic E-state index is 11.9. The second kappa shape index (κ2) is 7.44. The second-order valence-electron chi connectivity index (χ2n) is 8.66. The van der Waals surface area contributed by atoms with Gasteiger partial charge in [-0.3, -0.25) is 5.32 Å². The van der Waals surface area contributed by atoms with Crippen LogP contribution in [0.2, 0.25) is 5.02 Å². The number of piperidine rings is 1. The molecule has 7 nitrogen and oxygen atoms in total. The molecule has 1 spiro atoms. The van der Waals surface area contributed by atoms with Gasteiger partial charge in [0, 0.05) is 42.6 Å². The van der Waals surface area contributed by atoms with Crippen LogP contribution in [0.5, 0.6) is 5.75 Å². The molecule has 1 amide bonds. The SMILES string of the molecule is CC(C)(C)OC(=O)Nc1cc(N2CCC3(CCc4c(Cl)cccc4O3)CC2)no1. The predicted octanol–water partition coefficient (Wildman–Crippen LogP) is 5.04. The molecule has 1 N–H and O–H groups in total. The van der Waals surface area contributed by atoms with Crippen molar-refractivity contribution in [2.45, 2.75) is 57.7 Å². The fraction of sp³-hybridized carbons (Fsp3) is 0.524. The second-order valence-corrected chi connectivity index (χ2v) is 9.07. The van der Waals surface area contributed by atoms with E-state index in [9.17, 15) is 4.79 Å². The molecular formula is C21H26ClN3O4. The third-order valence-electron chi connectivity index (χ3n) is 5.35. The highest BCUT2D eigenvalue weighted by Crippen LogP contribution is 2.42. The number of nitrogens with zero attached hydrogens (tertiary/aromatic N) is 2. The van der Waals surface area contributed by atoms with E-state index in [1.807, 2.05) is 39.0 Å². The van der Waals surface area contributed by atoms with Crippen molar-refractivity contribution in [3.63, 3.8) is 0 Å². The van der Waals surface area contributed by atoms with Crippen molar-refractivity contribution >= 4 is 29.4 Å². The predicted molar refractivity (Wildman–Crippen MR) is 111 cm³/mol. The standard InChI is InChI=1S/C21H26ClN3O4/c1-20(2,3)28-19(26)23-18-13-17(24-29-18)25-11-9-21(10-12-25)8-7-14-15(22)5-4-6-16(14)27-21/h4-6,13H,7-12H2,1-3H3,(H,23,26). The monoisotopic (exact) mass is 419 g/mol. The molecule has 3 heterocycles. The van der Waals surface area contributed by atoms with E-state index in [0.29, 0.717) is 5.82 Å². The number of aromatic nitrogens is 1. The first kappa shape index (κ1) is 19.9. The molecule has 156 valence electrons. The molecule has 0 unspecified atom stereocenters. The van der Waals surface area contributed by atoms with Gasteiger partial charge in [-0.05, 0) is 45.7 Å². The van der Waals surface area contributed by atoms with E-state index in [-0.39, 0.29) is 11.5 Å². The van der Waals surface area contributed by atoms with Crippen LogP contribution in [0.15, 0.2) is 28.8 Å². The summed E-state index contributed by atoms with van der Waals surface area (Å²) in [5.74, 6) is 1.87. The molecule has 0 saturated carbocycles. The normalized spacial score (nSPS) is 18.1. The van der Waals surface area contributed by atoms with Crippen LogP contribution in [0.25, 0.3) is 0 Å². The summed E-state index contributed by atoms with van der Waals surface area (Å²) in [5, 5.41) is 7.45. The fourth-order valence-corrected chi connectivity index (χ4v) is 4.15. The number of hydrogen-bond acceptors (Lipinski definition) is 6. The van der Waals surface area contributed by atoms with Gasteiger partial charge in [0.1, 0.15) is 17.0 Å². The summed E-state index contributed by atoms with van der Waals surface area (Å²) < 4.78 is 16.9. The Bertz CT molecular complexity index is 898. The van der Waals surface area contributed by atoms with Crippen LogP contribution in [-0.4, -0.2) is 35.5 Å². The molecule has 2 aliphatic heterocycles. The van der Waals surface area contributed by atoms with Crippen LogP contribution in [0, 0.1) is 0 Å². The van der Waals surface area contributed by atoms with Gasteiger partial charge in [-0.1, -0.05) is 22.8 Å². The zero-order chi connectivity index (χ0) is 20.6. The molecule has 0 bridgehead atoms. The first-order valence-electron chi connectivity index (χ1n) is 9.91. The maximum absolute atomic E-state index is 11.9. The number of rotatable bonds is 2. The van der Waals surface area contributed by atoms with Gasteiger partial charge in [0.25, 0.3) is 0 Å². The molecular weight excluding hydrogens is 394 g/mol. The van der Waals surface area contributed by atoms with Gasteiger partial charge in [0.05, 0.1) is 0 Å². The van der Waals surface area contributed by atoms with Crippen LogP contribution in [0.4, 0.5) is 16.5 Å². The molecule has 2 aliphatic rings. The Balaban J connectivity index is 1.36. The summed E-state index contributed by atoms with van der Waals surface area (Å²) in [6.07, 6.45) is 3.11. The molecule has 0 atom stereocenters. The zero-order valence-electron chi connectivity index (χ0n) is 17.0. The van der Waals surface area contributed by atoms with Gasteiger partial charge in [-0.15, -0.1) is 0 Å². The average molecular weight is 420 g/mol. The highest BCUT2D eigenvalue weighted by Gasteiger charge is 2.40. The van der Waals surface area contributed by atoms with Crippen LogP contribution >= 0.6 is 11.6 Å². The van der Waals surface area contributed by atoms with Crippen molar-refractivity contribution in [3.05, 3.63) is 34.9 Å². The molecule has 29 heavy (non-hydrogen) atoms. The Labute approximate surface area is 175 Å². The lowest BCUT2D eigenvalue weighted by Gasteiger charge is -2.44. The summed E-state index contributed by atoms with van der Waals surface area (Å²) in [4.78, 5) is 14.0. The molecule has 0 aliphatic carbocycles. The van der Waals surface area contributed by atoms with Crippen molar-refractivity contribution in [2.75, 3.05) is 23.3 Å². The minimum Gasteiger partial charge on any atom is -0.487 e. The Morgan fingerprint density at radius 2 is 2.03 bits per heavy atom. The quantitative estimate of drug-likeness (QED) is 0.734. The van der Waals surface area contributed by atoms with Crippen molar-refractivity contribution in [2.24, 2.45) is 0 Å². The molecule has 1 aromatic carbocycles. The first-order chi connectivity index (χ1) is 13.7. The largest absolute Gasteiger partial charge is 0.487 e. The first-order valence-corrected chi connectivity index (χ1v) is 10.3. The number of amides is 1. The van der Waals surface area contributed by atoms with Crippen molar-refractivity contribution < 1.29 is 18.8 Å². The van der Waals surface area contributed by atoms with E-state index in [4.69, 9.17) is 25.6 Å². The van der Waals surface area contributed by atoms with Gasteiger partial charge in [-0.2, -0.15) is 0 Å². The Kier molecular flexibility index (Phi) is 5.11. The number of anilines is 2. The molecule has 1 saturated heterocycles. The van der Waals surface area contributed by atoms with Gasteiger partial charge >= 0.3 is 6.09 Å². The topological polar surface area (TPSA) is 76.8 Å². The summed E-state index contributed by atoms with van der Waals surface area (Å²) >= 11 is 6.30. The Morgan fingerprint density at radius 1 is 1.28 bits per heavy atom. The number of fused-ring (bicyclic) bond motifs is 1. The molecule has 4 rings (SSSR count). The third-order valence-corrected chi connectivity index (χ3v) is 5.71. The minimum absolute atomic E-state index is 0.157. The van der Waals surface area contributed by atoms with E-state index < -0.39 is 11.7 Å². The maximum Gasteiger partial charge on any atom is 0.414 e. The summed E-state index contributed by atoms with van der Waals surface area (Å²) in [7, 11) is 0. The van der Waals surface area contributed by atoms with Crippen molar-refractivity contribution in [3.8, 4) is 5.75 Å². The van der Waals surface area contributed by atoms with Crippen LogP contribution < -0.4 is 15.0 Å². The number of hydrogen-bond donors (Lipinski definition) is 1. The Morgan fingerprint density at radius 3 is 2.76 bits per heavy atom. The average Bonchev–Trinajstić information content (AvgIpc) is 3.09.